The van der Waals surface area contributed by atoms with E-state index < -0.39 is 32.9 Å². The second kappa shape index (κ2) is 3.99. The summed E-state index contributed by atoms with van der Waals surface area (Å²) in [4.78, 5) is 11.0. The summed E-state index contributed by atoms with van der Waals surface area (Å²) in [7, 11) is -3.36. The molecule has 1 N–H and O–H groups in total. The fraction of sp³-hybridized carbons (Fsp3) is 0.364. The van der Waals surface area contributed by atoms with Crippen LogP contribution in [0.5, 0.6) is 0 Å². The lowest BCUT2D eigenvalue weighted by atomic mass is 10.1. The van der Waals surface area contributed by atoms with Gasteiger partial charge in [0.15, 0.2) is 9.84 Å². The average molecular weight is 275 g/mol. The molecule has 3 atom stereocenters. The molecule has 0 spiro atoms. The summed E-state index contributed by atoms with van der Waals surface area (Å²) in [5, 5.41) is 8.63. The number of aliphatic carboxylic acids is 1. The first-order valence-corrected chi connectivity index (χ1v) is 7.33. The van der Waals surface area contributed by atoms with E-state index in [9.17, 15) is 13.2 Å². The first-order valence-electron chi connectivity index (χ1n) is 4.99. The molecule has 6 heteroatoms. The van der Waals surface area contributed by atoms with Crippen LogP contribution in [0.15, 0.2) is 24.3 Å². The van der Waals surface area contributed by atoms with E-state index in [4.69, 9.17) is 16.7 Å². The van der Waals surface area contributed by atoms with Gasteiger partial charge in [0, 0.05) is 17.2 Å². The van der Waals surface area contributed by atoms with Gasteiger partial charge in [0.05, 0.1) is 11.2 Å². The standard InChI is InChI=1S/C11H11ClO4S/c1-17(15,16)10-8(9(10)11(13)14)6-3-2-4-7(12)5-6/h2-5,8-10H,1H3,(H,13,14)/t8-,9+,10-/m0/s1. The maximum atomic E-state index is 11.5. The second-order valence-corrected chi connectivity index (χ2v) is 6.88. The highest BCUT2D eigenvalue weighted by molar-refractivity contribution is 7.91. The lowest BCUT2D eigenvalue weighted by Gasteiger charge is -1.99. The highest BCUT2D eigenvalue weighted by Gasteiger charge is 2.61. The number of rotatable bonds is 3. The van der Waals surface area contributed by atoms with Gasteiger partial charge in [0.1, 0.15) is 0 Å². The predicted molar refractivity (Wildman–Crippen MR) is 64.0 cm³/mol. The number of halogens is 1. The number of benzene rings is 1. The maximum absolute atomic E-state index is 11.5. The van der Waals surface area contributed by atoms with E-state index in [1.54, 1.807) is 24.3 Å². The summed E-state index contributed by atoms with van der Waals surface area (Å²) in [5.74, 6) is -2.42. The summed E-state index contributed by atoms with van der Waals surface area (Å²) >= 11 is 5.81. The molecule has 1 aliphatic rings. The Hall–Kier alpha value is -1.07. The van der Waals surface area contributed by atoms with Gasteiger partial charge in [0.2, 0.25) is 0 Å². The van der Waals surface area contributed by atoms with E-state index in [1.807, 2.05) is 0 Å². The number of hydrogen-bond acceptors (Lipinski definition) is 3. The Balaban J connectivity index is 2.37. The van der Waals surface area contributed by atoms with E-state index in [0.717, 1.165) is 6.26 Å². The molecule has 0 unspecified atom stereocenters. The SMILES string of the molecule is CS(=O)(=O)[C@@H]1[C@H](C(=O)O)[C@@H]1c1cccc(Cl)c1. The van der Waals surface area contributed by atoms with Gasteiger partial charge in [-0.05, 0) is 17.7 Å². The van der Waals surface area contributed by atoms with Gasteiger partial charge in [-0.1, -0.05) is 23.7 Å². The van der Waals surface area contributed by atoms with Crippen molar-refractivity contribution in [3.05, 3.63) is 34.9 Å². The summed E-state index contributed by atoms with van der Waals surface area (Å²) in [6.45, 7) is 0. The summed E-state index contributed by atoms with van der Waals surface area (Å²) in [6, 6.07) is 6.68. The van der Waals surface area contributed by atoms with Crippen LogP contribution in [0.4, 0.5) is 0 Å². The van der Waals surface area contributed by atoms with E-state index in [0.29, 0.717) is 10.6 Å². The summed E-state index contributed by atoms with van der Waals surface area (Å²) in [5.41, 5.74) is 0.667. The normalized spacial score (nSPS) is 27.8. The highest BCUT2D eigenvalue weighted by Crippen LogP contribution is 2.52. The third kappa shape index (κ3) is 2.30. The van der Waals surface area contributed by atoms with E-state index >= 15 is 0 Å². The Labute approximate surface area is 104 Å². The van der Waals surface area contributed by atoms with Gasteiger partial charge in [-0.3, -0.25) is 4.79 Å². The molecule has 0 bridgehead atoms. The molecule has 0 heterocycles. The van der Waals surface area contributed by atoms with Crippen LogP contribution < -0.4 is 0 Å². The number of sulfone groups is 1. The van der Waals surface area contributed by atoms with Crippen molar-refractivity contribution < 1.29 is 18.3 Å². The molecule has 0 amide bonds. The van der Waals surface area contributed by atoms with Crippen molar-refractivity contribution in [1.29, 1.82) is 0 Å². The first kappa shape index (κ1) is 12.4. The highest BCUT2D eigenvalue weighted by atomic mass is 35.5. The molecule has 17 heavy (non-hydrogen) atoms. The number of carbonyl (C=O) groups is 1. The third-order valence-electron chi connectivity index (χ3n) is 2.97. The van der Waals surface area contributed by atoms with Crippen molar-refractivity contribution in [3.63, 3.8) is 0 Å². The molecule has 0 saturated heterocycles. The summed E-state index contributed by atoms with van der Waals surface area (Å²) < 4.78 is 23.0. The van der Waals surface area contributed by atoms with Crippen molar-refractivity contribution in [3.8, 4) is 0 Å². The van der Waals surface area contributed by atoms with Gasteiger partial charge in [-0.15, -0.1) is 0 Å². The van der Waals surface area contributed by atoms with Crippen LogP contribution in [0.25, 0.3) is 0 Å². The Bertz CT molecular complexity index is 567. The molecule has 92 valence electrons. The molecular weight excluding hydrogens is 264 g/mol. The van der Waals surface area contributed by atoms with Crippen LogP contribution in [0.2, 0.25) is 5.02 Å². The predicted octanol–water partition coefficient (Wildman–Crippen LogP) is 1.55. The Morgan fingerprint density at radius 1 is 1.41 bits per heavy atom. The third-order valence-corrected chi connectivity index (χ3v) is 4.78. The van der Waals surface area contributed by atoms with E-state index in [1.165, 1.54) is 0 Å². The molecule has 1 aromatic rings. The molecule has 0 radical (unpaired) electrons. The zero-order valence-electron chi connectivity index (χ0n) is 9.00. The zero-order chi connectivity index (χ0) is 12.8. The van der Waals surface area contributed by atoms with Crippen LogP contribution >= 0.6 is 11.6 Å². The number of carboxylic acids is 1. The fourth-order valence-electron chi connectivity index (χ4n) is 2.22. The lowest BCUT2D eigenvalue weighted by molar-refractivity contribution is -0.138. The van der Waals surface area contributed by atoms with Crippen molar-refractivity contribution in [2.45, 2.75) is 11.2 Å². The maximum Gasteiger partial charge on any atom is 0.308 e. The second-order valence-electron chi connectivity index (χ2n) is 4.24. The van der Waals surface area contributed by atoms with Crippen LogP contribution in [-0.2, 0) is 14.6 Å². The Kier molecular flexibility index (Phi) is 2.91. The molecule has 0 aromatic heterocycles. The lowest BCUT2D eigenvalue weighted by Crippen LogP contribution is -2.10. The van der Waals surface area contributed by atoms with Crippen molar-refractivity contribution in [1.82, 2.24) is 0 Å². The molecule has 1 fully saturated rings. The van der Waals surface area contributed by atoms with Gasteiger partial charge in [0.25, 0.3) is 0 Å². The summed E-state index contributed by atoms with van der Waals surface area (Å²) in [6.07, 6.45) is 1.07. The Morgan fingerprint density at radius 2 is 2.06 bits per heavy atom. The minimum atomic E-state index is -3.36. The molecule has 1 saturated carbocycles. The molecular formula is C11H11ClO4S. The van der Waals surface area contributed by atoms with E-state index in [-0.39, 0.29) is 0 Å². The van der Waals surface area contributed by atoms with Crippen molar-refractivity contribution in [2.24, 2.45) is 5.92 Å². The van der Waals surface area contributed by atoms with E-state index in [2.05, 4.69) is 0 Å². The topological polar surface area (TPSA) is 71.4 Å². The largest absolute Gasteiger partial charge is 0.481 e. The molecule has 1 aromatic carbocycles. The first-order chi connectivity index (χ1) is 7.82. The van der Waals surface area contributed by atoms with Gasteiger partial charge >= 0.3 is 5.97 Å². The van der Waals surface area contributed by atoms with Crippen molar-refractivity contribution >= 4 is 27.4 Å². The van der Waals surface area contributed by atoms with Crippen LogP contribution in [-0.4, -0.2) is 31.0 Å². The molecule has 2 rings (SSSR count). The fourth-order valence-corrected chi connectivity index (χ4v) is 4.01. The number of hydrogen-bond donors (Lipinski definition) is 1. The van der Waals surface area contributed by atoms with Gasteiger partial charge in [-0.25, -0.2) is 8.42 Å². The van der Waals surface area contributed by atoms with Crippen LogP contribution in [0.1, 0.15) is 11.5 Å². The average Bonchev–Trinajstić information content (AvgIpc) is 2.91. The molecule has 0 aliphatic heterocycles. The van der Waals surface area contributed by atoms with Crippen molar-refractivity contribution in [2.75, 3.05) is 6.26 Å². The Morgan fingerprint density at radius 3 is 2.47 bits per heavy atom. The van der Waals surface area contributed by atoms with Gasteiger partial charge < -0.3 is 5.11 Å². The minimum absolute atomic E-state index is 0.478. The van der Waals surface area contributed by atoms with Gasteiger partial charge in [-0.2, -0.15) is 0 Å². The zero-order valence-corrected chi connectivity index (χ0v) is 10.6. The minimum Gasteiger partial charge on any atom is -0.481 e. The monoisotopic (exact) mass is 274 g/mol. The smallest absolute Gasteiger partial charge is 0.308 e. The quantitative estimate of drug-likeness (QED) is 0.908. The molecule has 1 aliphatic carbocycles. The van der Waals surface area contributed by atoms with Crippen LogP contribution in [0.3, 0.4) is 0 Å². The molecule has 4 nitrogen and oxygen atoms in total. The van der Waals surface area contributed by atoms with Crippen LogP contribution in [0, 0.1) is 5.92 Å². The number of carboxylic acid groups (broad SMARTS) is 1.